The van der Waals surface area contributed by atoms with Crippen molar-refractivity contribution < 1.29 is 0 Å². The van der Waals surface area contributed by atoms with Gasteiger partial charge in [-0.25, -0.2) is 0 Å². The zero-order chi connectivity index (χ0) is 12.9. The van der Waals surface area contributed by atoms with Gasteiger partial charge in [-0.1, -0.05) is 34.1 Å². The van der Waals surface area contributed by atoms with E-state index in [1.54, 1.807) is 0 Å². The molecule has 1 aliphatic heterocycles. The summed E-state index contributed by atoms with van der Waals surface area (Å²) in [5.74, 6) is 0. The molecule has 1 saturated heterocycles. The van der Waals surface area contributed by atoms with Crippen LogP contribution in [0.3, 0.4) is 0 Å². The van der Waals surface area contributed by atoms with Crippen LogP contribution in [-0.4, -0.2) is 38.1 Å². The van der Waals surface area contributed by atoms with E-state index in [4.69, 9.17) is 0 Å². The molecule has 1 atom stereocenters. The minimum absolute atomic E-state index is 0.439. The maximum absolute atomic E-state index is 3.35. The molecule has 0 radical (unpaired) electrons. The van der Waals surface area contributed by atoms with Gasteiger partial charge in [0, 0.05) is 13.1 Å². The topological polar surface area (TPSA) is 15.3 Å². The van der Waals surface area contributed by atoms with E-state index < -0.39 is 0 Å². The van der Waals surface area contributed by atoms with Crippen LogP contribution in [0.2, 0.25) is 0 Å². The molecular weight excluding hydrogens is 208 g/mol. The highest BCUT2D eigenvalue weighted by Gasteiger charge is 2.31. The van der Waals surface area contributed by atoms with Crippen molar-refractivity contribution in [1.29, 1.82) is 0 Å². The Morgan fingerprint density at radius 2 is 1.82 bits per heavy atom. The van der Waals surface area contributed by atoms with Crippen LogP contribution in [0.25, 0.3) is 0 Å². The number of likely N-dealkylation sites (tertiary alicyclic amines) is 1. The SMILES string of the molecule is CCC1(C)CCN(CC(C)(CC)CNC)CC1. The van der Waals surface area contributed by atoms with Crippen LogP contribution in [0.15, 0.2) is 0 Å². The van der Waals surface area contributed by atoms with E-state index in [1.165, 1.54) is 45.3 Å². The van der Waals surface area contributed by atoms with Gasteiger partial charge in [0.1, 0.15) is 0 Å². The van der Waals surface area contributed by atoms with Gasteiger partial charge in [-0.15, -0.1) is 0 Å². The first-order valence-electron chi connectivity index (χ1n) is 7.34. The van der Waals surface area contributed by atoms with Crippen LogP contribution < -0.4 is 5.32 Å². The van der Waals surface area contributed by atoms with E-state index in [0.717, 1.165) is 6.54 Å². The summed E-state index contributed by atoms with van der Waals surface area (Å²) in [5.41, 5.74) is 1.05. The number of hydrogen-bond donors (Lipinski definition) is 1. The summed E-state index contributed by atoms with van der Waals surface area (Å²) in [6, 6.07) is 0. The molecule has 0 aromatic carbocycles. The highest BCUT2D eigenvalue weighted by Crippen LogP contribution is 2.35. The first-order chi connectivity index (χ1) is 7.97. The molecule has 0 aromatic heterocycles. The first-order valence-corrected chi connectivity index (χ1v) is 7.34. The largest absolute Gasteiger partial charge is 0.319 e. The monoisotopic (exact) mass is 240 g/mol. The molecule has 0 amide bonds. The predicted molar refractivity (Wildman–Crippen MR) is 76.4 cm³/mol. The standard InChI is InChI=1S/C15H32N2/c1-6-14(3)8-10-17(11-9-14)13-15(4,7-2)12-16-5/h16H,6-13H2,1-5H3. The van der Waals surface area contributed by atoms with Gasteiger partial charge in [-0.2, -0.15) is 0 Å². The Balaban J connectivity index is 2.44. The van der Waals surface area contributed by atoms with Crippen LogP contribution in [0.4, 0.5) is 0 Å². The molecule has 2 nitrogen and oxygen atoms in total. The second kappa shape index (κ2) is 6.19. The lowest BCUT2D eigenvalue weighted by molar-refractivity contribution is 0.0760. The maximum atomic E-state index is 3.35. The predicted octanol–water partition coefficient (Wildman–Crippen LogP) is 3.13. The number of rotatable bonds is 6. The Morgan fingerprint density at radius 3 is 2.24 bits per heavy atom. The Hall–Kier alpha value is -0.0800. The Labute approximate surface area is 108 Å². The lowest BCUT2D eigenvalue weighted by atomic mass is 9.77. The summed E-state index contributed by atoms with van der Waals surface area (Å²) in [4.78, 5) is 2.68. The number of nitrogens with one attached hydrogen (secondary N) is 1. The number of nitrogens with zero attached hydrogens (tertiary/aromatic N) is 1. The van der Waals surface area contributed by atoms with Crippen molar-refractivity contribution in [2.45, 2.75) is 53.4 Å². The quantitative estimate of drug-likeness (QED) is 0.767. The van der Waals surface area contributed by atoms with Gasteiger partial charge in [-0.05, 0) is 50.2 Å². The third-order valence-corrected chi connectivity index (χ3v) is 4.98. The van der Waals surface area contributed by atoms with E-state index >= 15 is 0 Å². The third-order valence-electron chi connectivity index (χ3n) is 4.98. The number of hydrogen-bond acceptors (Lipinski definition) is 2. The Morgan fingerprint density at radius 1 is 1.24 bits per heavy atom. The molecule has 1 aliphatic rings. The van der Waals surface area contributed by atoms with Gasteiger partial charge >= 0.3 is 0 Å². The van der Waals surface area contributed by atoms with Gasteiger partial charge < -0.3 is 10.2 Å². The first kappa shape index (κ1) is 15.0. The van der Waals surface area contributed by atoms with Gasteiger partial charge in [-0.3, -0.25) is 0 Å². The molecule has 17 heavy (non-hydrogen) atoms. The molecule has 2 heteroatoms. The molecule has 1 heterocycles. The average molecular weight is 240 g/mol. The van der Waals surface area contributed by atoms with Gasteiger partial charge in [0.05, 0.1) is 0 Å². The third kappa shape index (κ3) is 4.26. The van der Waals surface area contributed by atoms with Crippen LogP contribution in [0, 0.1) is 10.8 Å². The Kier molecular flexibility index (Phi) is 5.46. The summed E-state index contributed by atoms with van der Waals surface area (Å²) >= 11 is 0. The fraction of sp³-hybridized carbons (Fsp3) is 1.00. The summed E-state index contributed by atoms with van der Waals surface area (Å²) < 4.78 is 0. The lowest BCUT2D eigenvalue weighted by Gasteiger charge is -2.42. The van der Waals surface area contributed by atoms with Crippen LogP contribution in [-0.2, 0) is 0 Å². The van der Waals surface area contributed by atoms with E-state index in [9.17, 15) is 0 Å². The molecule has 1 fully saturated rings. The van der Waals surface area contributed by atoms with E-state index in [-0.39, 0.29) is 0 Å². The van der Waals surface area contributed by atoms with Crippen molar-refractivity contribution in [2.75, 3.05) is 33.2 Å². The second-order valence-electron chi connectivity index (χ2n) is 6.63. The zero-order valence-electron chi connectivity index (χ0n) is 12.6. The van der Waals surface area contributed by atoms with Crippen LogP contribution in [0.1, 0.15) is 53.4 Å². The van der Waals surface area contributed by atoms with Crippen LogP contribution in [0.5, 0.6) is 0 Å². The fourth-order valence-corrected chi connectivity index (χ4v) is 2.86. The zero-order valence-corrected chi connectivity index (χ0v) is 12.6. The van der Waals surface area contributed by atoms with Crippen molar-refractivity contribution in [3.63, 3.8) is 0 Å². The van der Waals surface area contributed by atoms with Crippen molar-refractivity contribution in [2.24, 2.45) is 10.8 Å². The minimum atomic E-state index is 0.439. The summed E-state index contributed by atoms with van der Waals surface area (Å²) in [6.45, 7) is 14.5. The molecule has 0 aliphatic carbocycles. The lowest BCUT2D eigenvalue weighted by Crippen LogP contribution is -2.46. The normalized spacial score (nSPS) is 24.5. The Bertz CT molecular complexity index is 219. The minimum Gasteiger partial charge on any atom is -0.319 e. The van der Waals surface area contributed by atoms with Gasteiger partial charge in [0.25, 0.3) is 0 Å². The smallest absolute Gasteiger partial charge is 0.00474 e. The molecule has 1 unspecified atom stereocenters. The maximum Gasteiger partial charge on any atom is 0.00474 e. The van der Waals surface area contributed by atoms with Crippen molar-refractivity contribution >= 4 is 0 Å². The summed E-state index contributed by atoms with van der Waals surface area (Å²) in [5, 5.41) is 3.35. The molecule has 0 saturated carbocycles. The second-order valence-corrected chi connectivity index (χ2v) is 6.63. The molecule has 102 valence electrons. The van der Waals surface area contributed by atoms with E-state index in [0.29, 0.717) is 10.8 Å². The molecular formula is C15H32N2. The highest BCUT2D eigenvalue weighted by molar-refractivity contribution is 4.85. The summed E-state index contributed by atoms with van der Waals surface area (Å²) in [6.07, 6.45) is 5.35. The molecule has 0 aromatic rings. The van der Waals surface area contributed by atoms with Gasteiger partial charge in [0.15, 0.2) is 0 Å². The van der Waals surface area contributed by atoms with E-state index in [1.807, 2.05) is 0 Å². The summed E-state index contributed by atoms with van der Waals surface area (Å²) in [7, 11) is 2.07. The fourth-order valence-electron chi connectivity index (χ4n) is 2.86. The highest BCUT2D eigenvalue weighted by atomic mass is 15.1. The average Bonchev–Trinajstić information content (AvgIpc) is 2.33. The molecule has 1 rings (SSSR count). The van der Waals surface area contributed by atoms with Crippen molar-refractivity contribution in [3.8, 4) is 0 Å². The molecule has 0 bridgehead atoms. The number of piperidine rings is 1. The molecule has 1 N–H and O–H groups in total. The van der Waals surface area contributed by atoms with Gasteiger partial charge in [0.2, 0.25) is 0 Å². The molecule has 0 spiro atoms. The van der Waals surface area contributed by atoms with Crippen LogP contribution >= 0.6 is 0 Å². The van der Waals surface area contributed by atoms with Crippen molar-refractivity contribution in [3.05, 3.63) is 0 Å². The van der Waals surface area contributed by atoms with Crippen molar-refractivity contribution in [1.82, 2.24) is 10.2 Å². The van der Waals surface area contributed by atoms with E-state index in [2.05, 4.69) is 45.0 Å².